The first-order chi connectivity index (χ1) is 27.2. The summed E-state index contributed by atoms with van der Waals surface area (Å²) in [5.74, 6) is 1.35. The molecule has 3 aromatic heterocycles. The van der Waals surface area contributed by atoms with Crippen molar-refractivity contribution in [2.75, 3.05) is 0 Å². The lowest BCUT2D eigenvalue weighted by Gasteiger charge is -2.11. The summed E-state index contributed by atoms with van der Waals surface area (Å²) in [6, 6.07) is 66.4. The van der Waals surface area contributed by atoms with Crippen molar-refractivity contribution in [1.82, 2.24) is 19.9 Å². The van der Waals surface area contributed by atoms with Gasteiger partial charge in [-0.3, -0.25) is 0 Å². The molecule has 0 radical (unpaired) electrons. The molecule has 0 aliphatic heterocycles. The van der Waals surface area contributed by atoms with Gasteiger partial charge in [0.2, 0.25) is 0 Å². The summed E-state index contributed by atoms with van der Waals surface area (Å²) in [5.41, 5.74) is 14.1. The molecule has 5 heteroatoms. The summed E-state index contributed by atoms with van der Waals surface area (Å²) in [6.45, 7) is 0. The van der Waals surface area contributed by atoms with E-state index in [2.05, 4.69) is 109 Å². The van der Waals surface area contributed by atoms with Gasteiger partial charge in [0.05, 0.1) is 11.4 Å². The summed E-state index contributed by atoms with van der Waals surface area (Å²) in [6.07, 6.45) is 0. The molecule has 0 fully saturated rings. The highest BCUT2D eigenvalue weighted by atomic mass is 16.3. The highest BCUT2D eigenvalue weighted by Gasteiger charge is 2.19. The molecule has 5 nitrogen and oxygen atoms in total. The number of benzene rings is 7. The Kier molecular flexibility index (Phi) is 8.08. The van der Waals surface area contributed by atoms with Gasteiger partial charge in [-0.1, -0.05) is 158 Å². The summed E-state index contributed by atoms with van der Waals surface area (Å²) in [5, 5.41) is 0.970. The lowest BCUT2D eigenvalue weighted by molar-refractivity contribution is 0.667. The van der Waals surface area contributed by atoms with Gasteiger partial charge in [0.1, 0.15) is 16.8 Å². The molecule has 0 aliphatic rings. The van der Waals surface area contributed by atoms with Crippen molar-refractivity contribution >= 4 is 22.1 Å². The van der Waals surface area contributed by atoms with E-state index in [0.29, 0.717) is 17.2 Å². The minimum atomic E-state index is 0.663. The Morgan fingerprint density at radius 1 is 0.309 bits per heavy atom. The van der Waals surface area contributed by atoms with E-state index in [4.69, 9.17) is 24.4 Å². The molecule has 0 saturated heterocycles. The predicted octanol–water partition coefficient (Wildman–Crippen LogP) is 12.8. The third-order valence-corrected chi connectivity index (χ3v) is 9.90. The van der Waals surface area contributed by atoms with E-state index in [9.17, 15) is 0 Å². The fraction of sp³-hybridized carbons (Fsp3) is 0. The lowest BCUT2D eigenvalue weighted by atomic mass is 9.96. The summed E-state index contributed by atoms with van der Waals surface area (Å²) in [4.78, 5) is 20.2. The molecule has 0 atom stereocenters. The van der Waals surface area contributed by atoms with Crippen LogP contribution in [0.3, 0.4) is 0 Å². The van der Waals surface area contributed by atoms with Gasteiger partial charge in [-0.05, 0) is 58.7 Å². The van der Waals surface area contributed by atoms with E-state index in [0.717, 1.165) is 83.6 Å². The maximum absolute atomic E-state index is 6.43. The zero-order chi connectivity index (χ0) is 36.6. The van der Waals surface area contributed by atoms with Crippen LogP contribution in [0, 0.1) is 0 Å². The molecule has 0 N–H and O–H groups in total. The van der Waals surface area contributed by atoms with Gasteiger partial charge in [0.15, 0.2) is 17.2 Å². The van der Waals surface area contributed by atoms with E-state index in [1.54, 1.807) is 0 Å². The topological polar surface area (TPSA) is 64.7 Å². The molecule has 0 spiro atoms. The van der Waals surface area contributed by atoms with Crippen molar-refractivity contribution in [1.29, 1.82) is 0 Å². The minimum absolute atomic E-state index is 0.663. The van der Waals surface area contributed by atoms with Gasteiger partial charge < -0.3 is 4.42 Å². The molecular formula is C50H32N4O. The SMILES string of the molecule is c1ccc(-c2cc(-c3ccccc3)nc(-c3cccc(-c4cccc(-c5cccc(-c6nc(-c7ccccc7)nc7c6oc6ccccc67)c5)c4)c3)n2)cc1. The average Bonchev–Trinajstić information content (AvgIpc) is 3.66. The second-order valence-corrected chi connectivity index (χ2v) is 13.5. The maximum Gasteiger partial charge on any atom is 0.180 e. The number of rotatable bonds is 7. The number of nitrogens with zero attached hydrogens (tertiary/aromatic N) is 4. The van der Waals surface area contributed by atoms with Crippen LogP contribution >= 0.6 is 0 Å². The molecule has 55 heavy (non-hydrogen) atoms. The molecule has 0 saturated carbocycles. The fourth-order valence-corrected chi connectivity index (χ4v) is 7.16. The van der Waals surface area contributed by atoms with Crippen molar-refractivity contribution < 1.29 is 4.42 Å². The van der Waals surface area contributed by atoms with Crippen molar-refractivity contribution in [3.63, 3.8) is 0 Å². The normalized spacial score (nSPS) is 11.3. The summed E-state index contributed by atoms with van der Waals surface area (Å²) >= 11 is 0. The molecule has 3 heterocycles. The van der Waals surface area contributed by atoms with Crippen LogP contribution in [0.15, 0.2) is 199 Å². The maximum atomic E-state index is 6.43. The van der Waals surface area contributed by atoms with Gasteiger partial charge in [-0.2, -0.15) is 0 Å². The Morgan fingerprint density at radius 2 is 0.745 bits per heavy atom. The number of fused-ring (bicyclic) bond motifs is 3. The highest BCUT2D eigenvalue weighted by molar-refractivity contribution is 6.07. The first kappa shape index (κ1) is 32.2. The highest BCUT2D eigenvalue weighted by Crippen LogP contribution is 2.37. The van der Waals surface area contributed by atoms with E-state index in [1.165, 1.54) is 0 Å². The van der Waals surface area contributed by atoms with E-state index in [1.807, 2.05) is 84.9 Å². The van der Waals surface area contributed by atoms with Crippen LogP contribution in [-0.2, 0) is 0 Å². The molecule has 7 aromatic carbocycles. The van der Waals surface area contributed by atoms with Crippen LogP contribution in [0.5, 0.6) is 0 Å². The molecule has 0 unspecified atom stereocenters. The van der Waals surface area contributed by atoms with Crippen LogP contribution in [-0.4, -0.2) is 19.9 Å². The van der Waals surface area contributed by atoms with E-state index in [-0.39, 0.29) is 0 Å². The Labute approximate surface area is 318 Å². The fourth-order valence-electron chi connectivity index (χ4n) is 7.16. The van der Waals surface area contributed by atoms with E-state index < -0.39 is 0 Å². The number of hydrogen-bond donors (Lipinski definition) is 0. The van der Waals surface area contributed by atoms with Crippen LogP contribution in [0.1, 0.15) is 0 Å². The van der Waals surface area contributed by atoms with Gasteiger partial charge in [-0.15, -0.1) is 0 Å². The Morgan fingerprint density at radius 3 is 1.35 bits per heavy atom. The van der Waals surface area contributed by atoms with Crippen molar-refractivity contribution in [2.45, 2.75) is 0 Å². The second-order valence-electron chi connectivity index (χ2n) is 13.5. The number of furan rings is 1. The van der Waals surface area contributed by atoms with Crippen LogP contribution in [0.2, 0.25) is 0 Å². The van der Waals surface area contributed by atoms with Crippen LogP contribution in [0.4, 0.5) is 0 Å². The molecule has 0 aliphatic carbocycles. The third kappa shape index (κ3) is 6.24. The number of para-hydroxylation sites is 1. The standard InChI is InChI=1S/C50H32N4O/c1-4-15-33(16-5-1)43-32-44(34-17-6-2-7-18-34)52-50(51-43)41-26-14-24-39(31-41)37-22-12-21-36(29-37)38-23-13-25-40(30-38)46-48-47(42-27-10-11-28-45(42)55-48)54-49(53-46)35-19-8-3-9-20-35/h1-32H. The number of hydrogen-bond acceptors (Lipinski definition) is 5. The lowest BCUT2D eigenvalue weighted by Crippen LogP contribution is -1.96. The molecule has 10 rings (SSSR count). The number of aromatic nitrogens is 4. The first-order valence-corrected chi connectivity index (χ1v) is 18.3. The zero-order valence-corrected chi connectivity index (χ0v) is 29.7. The van der Waals surface area contributed by atoms with Crippen molar-refractivity contribution in [2.24, 2.45) is 0 Å². The molecule has 258 valence electrons. The third-order valence-electron chi connectivity index (χ3n) is 9.90. The smallest absolute Gasteiger partial charge is 0.180 e. The monoisotopic (exact) mass is 704 g/mol. The van der Waals surface area contributed by atoms with Crippen LogP contribution in [0.25, 0.3) is 101 Å². The summed E-state index contributed by atoms with van der Waals surface area (Å²) in [7, 11) is 0. The van der Waals surface area contributed by atoms with Crippen LogP contribution < -0.4 is 0 Å². The second kappa shape index (κ2) is 13.8. The summed E-state index contributed by atoms with van der Waals surface area (Å²) < 4.78 is 6.43. The molecule has 10 aromatic rings. The predicted molar refractivity (Wildman–Crippen MR) is 223 cm³/mol. The van der Waals surface area contributed by atoms with Gasteiger partial charge in [0, 0.05) is 33.2 Å². The van der Waals surface area contributed by atoms with Gasteiger partial charge >= 0.3 is 0 Å². The molecule has 0 bridgehead atoms. The minimum Gasteiger partial charge on any atom is -0.452 e. The zero-order valence-electron chi connectivity index (χ0n) is 29.7. The average molecular weight is 705 g/mol. The first-order valence-electron chi connectivity index (χ1n) is 18.3. The quantitative estimate of drug-likeness (QED) is 0.165. The van der Waals surface area contributed by atoms with Crippen molar-refractivity contribution in [3.8, 4) is 78.8 Å². The van der Waals surface area contributed by atoms with Crippen molar-refractivity contribution in [3.05, 3.63) is 194 Å². The van der Waals surface area contributed by atoms with E-state index >= 15 is 0 Å². The largest absolute Gasteiger partial charge is 0.452 e. The Hall–Kier alpha value is -7.50. The van der Waals surface area contributed by atoms with Gasteiger partial charge in [0.25, 0.3) is 0 Å². The van der Waals surface area contributed by atoms with Gasteiger partial charge in [-0.25, -0.2) is 19.9 Å². The molecular weight excluding hydrogens is 673 g/mol. The molecule has 0 amide bonds. The Balaban J connectivity index is 1.04. The Bertz CT molecular complexity index is 2920.